The van der Waals surface area contributed by atoms with Crippen LogP contribution in [-0.4, -0.2) is 30.4 Å². The standard InChI is InChI=1S/C13H21NO3S2/c1-9-4-10(2)11(3)14(6-9)19(16,17)13-5-12(7-15)18-8-13/h5,8-11,15H,4,6-7H2,1-3H3. The summed E-state index contributed by atoms with van der Waals surface area (Å²) in [6.07, 6.45) is 1.07. The topological polar surface area (TPSA) is 57.6 Å². The quantitative estimate of drug-likeness (QED) is 0.932. The van der Waals surface area contributed by atoms with Crippen LogP contribution in [0, 0.1) is 11.8 Å². The Kier molecular flexibility index (Phi) is 4.35. The van der Waals surface area contributed by atoms with Crippen LogP contribution in [0.1, 0.15) is 32.1 Å². The lowest BCUT2D eigenvalue weighted by atomic mass is 9.88. The van der Waals surface area contributed by atoms with Crippen molar-refractivity contribution in [3.05, 3.63) is 16.3 Å². The van der Waals surface area contributed by atoms with Gasteiger partial charge < -0.3 is 5.11 Å². The number of rotatable bonds is 3. The SMILES string of the molecule is CC1CC(C)C(C)N(S(=O)(=O)c2csc(CO)c2)C1. The Morgan fingerprint density at radius 1 is 1.42 bits per heavy atom. The monoisotopic (exact) mass is 303 g/mol. The number of hydrogen-bond donors (Lipinski definition) is 1. The number of hydrogen-bond acceptors (Lipinski definition) is 4. The van der Waals surface area contributed by atoms with Crippen molar-refractivity contribution in [1.82, 2.24) is 4.31 Å². The van der Waals surface area contributed by atoms with Gasteiger partial charge in [0.15, 0.2) is 0 Å². The van der Waals surface area contributed by atoms with Crippen LogP contribution in [-0.2, 0) is 16.6 Å². The summed E-state index contributed by atoms with van der Waals surface area (Å²) in [5.41, 5.74) is 0. The Balaban J connectivity index is 2.32. The maximum absolute atomic E-state index is 12.7. The van der Waals surface area contributed by atoms with Gasteiger partial charge >= 0.3 is 0 Å². The molecule has 0 spiro atoms. The first-order valence-corrected chi connectivity index (χ1v) is 8.88. The molecule has 1 N–H and O–H groups in total. The van der Waals surface area contributed by atoms with E-state index in [1.165, 1.54) is 11.3 Å². The van der Waals surface area contributed by atoms with E-state index >= 15 is 0 Å². The highest BCUT2D eigenvalue weighted by Gasteiger charge is 2.37. The minimum Gasteiger partial charge on any atom is -0.391 e. The summed E-state index contributed by atoms with van der Waals surface area (Å²) in [5.74, 6) is 0.756. The Morgan fingerprint density at radius 3 is 2.68 bits per heavy atom. The van der Waals surface area contributed by atoms with Crippen molar-refractivity contribution < 1.29 is 13.5 Å². The fraction of sp³-hybridized carbons (Fsp3) is 0.692. The molecule has 1 fully saturated rings. The molecular formula is C13H21NO3S2. The van der Waals surface area contributed by atoms with Gasteiger partial charge in [0.05, 0.1) is 11.5 Å². The van der Waals surface area contributed by atoms with E-state index in [1.807, 2.05) is 6.92 Å². The van der Waals surface area contributed by atoms with Crippen LogP contribution in [0.25, 0.3) is 0 Å². The summed E-state index contributed by atoms with van der Waals surface area (Å²) in [5, 5.41) is 10.7. The molecule has 0 amide bonds. The van der Waals surface area contributed by atoms with Gasteiger partial charge in [-0.05, 0) is 31.2 Å². The third-order valence-corrected chi connectivity index (χ3v) is 6.94. The second kappa shape index (κ2) is 5.52. The Bertz CT molecular complexity index is 538. The normalized spacial score (nSPS) is 29.6. The average molecular weight is 303 g/mol. The molecule has 2 heterocycles. The molecule has 0 bridgehead atoms. The van der Waals surface area contributed by atoms with Gasteiger partial charge in [0.2, 0.25) is 10.0 Å². The number of thiophene rings is 1. The number of sulfonamides is 1. The van der Waals surface area contributed by atoms with Crippen molar-refractivity contribution >= 4 is 21.4 Å². The molecule has 0 saturated carbocycles. The molecule has 0 aromatic carbocycles. The highest BCUT2D eigenvalue weighted by molar-refractivity contribution is 7.89. The third kappa shape index (κ3) is 2.86. The molecule has 19 heavy (non-hydrogen) atoms. The van der Waals surface area contributed by atoms with Gasteiger partial charge in [-0.3, -0.25) is 0 Å². The number of nitrogens with zero attached hydrogens (tertiary/aromatic N) is 1. The molecule has 1 aliphatic heterocycles. The largest absolute Gasteiger partial charge is 0.391 e. The first kappa shape index (κ1) is 15.0. The first-order valence-electron chi connectivity index (χ1n) is 6.56. The predicted molar refractivity (Wildman–Crippen MR) is 76.5 cm³/mol. The van der Waals surface area contributed by atoms with Crippen LogP contribution < -0.4 is 0 Å². The van der Waals surface area contributed by atoms with Gasteiger partial charge in [0.25, 0.3) is 0 Å². The molecule has 108 valence electrons. The lowest BCUT2D eigenvalue weighted by Crippen LogP contribution is -2.48. The van der Waals surface area contributed by atoms with Crippen LogP contribution in [0.4, 0.5) is 0 Å². The van der Waals surface area contributed by atoms with E-state index in [4.69, 9.17) is 5.11 Å². The summed E-state index contributed by atoms with van der Waals surface area (Å²) < 4.78 is 27.0. The Morgan fingerprint density at radius 2 is 2.11 bits per heavy atom. The van der Waals surface area contributed by atoms with Crippen LogP contribution in [0.3, 0.4) is 0 Å². The maximum Gasteiger partial charge on any atom is 0.244 e. The molecule has 1 aromatic heterocycles. The lowest BCUT2D eigenvalue weighted by molar-refractivity contribution is 0.157. The molecule has 3 atom stereocenters. The second-order valence-electron chi connectivity index (χ2n) is 5.54. The van der Waals surface area contributed by atoms with Crippen molar-refractivity contribution in [2.24, 2.45) is 11.8 Å². The van der Waals surface area contributed by atoms with Crippen molar-refractivity contribution in [3.8, 4) is 0 Å². The molecule has 0 radical (unpaired) electrons. The van der Waals surface area contributed by atoms with E-state index in [-0.39, 0.29) is 12.6 Å². The molecule has 2 rings (SSSR count). The van der Waals surface area contributed by atoms with Crippen LogP contribution >= 0.6 is 11.3 Å². The summed E-state index contributed by atoms with van der Waals surface area (Å²) in [6, 6.07) is 1.61. The van der Waals surface area contributed by atoms with Gasteiger partial charge in [-0.15, -0.1) is 11.3 Å². The smallest absolute Gasteiger partial charge is 0.244 e. The van der Waals surface area contributed by atoms with E-state index in [2.05, 4.69) is 13.8 Å². The summed E-state index contributed by atoms with van der Waals surface area (Å²) >= 11 is 1.29. The van der Waals surface area contributed by atoms with Gasteiger partial charge in [0, 0.05) is 22.8 Å². The zero-order valence-corrected chi connectivity index (χ0v) is 13.2. The lowest BCUT2D eigenvalue weighted by Gasteiger charge is -2.39. The minimum atomic E-state index is -3.43. The highest BCUT2D eigenvalue weighted by atomic mass is 32.2. The molecule has 1 saturated heterocycles. The van der Waals surface area contributed by atoms with Gasteiger partial charge in [-0.1, -0.05) is 13.8 Å². The zero-order chi connectivity index (χ0) is 14.2. The highest BCUT2D eigenvalue weighted by Crippen LogP contribution is 2.32. The molecule has 1 aliphatic rings. The fourth-order valence-electron chi connectivity index (χ4n) is 2.69. The second-order valence-corrected chi connectivity index (χ2v) is 8.43. The Hall–Kier alpha value is -0.430. The van der Waals surface area contributed by atoms with Gasteiger partial charge in [-0.25, -0.2) is 8.42 Å². The van der Waals surface area contributed by atoms with Crippen molar-refractivity contribution in [3.63, 3.8) is 0 Å². The molecule has 0 aliphatic carbocycles. The average Bonchev–Trinajstić information content (AvgIpc) is 2.83. The van der Waals surface area contributed by atoms with Crippen LogP contribution in [0.5, 0.6) is 0 Å². The first-order chi connectivity index (χ1) is 8.86. The van der Waals surface area contributed by atoms with E-state index in [1.54, 1.807) is 15.8 Å². The molecular weight excluding hydrogens is 282 g/mol. The van der Waals surface area contributed by atoms with Crippen molar-refractivity contribution in [2.75, 3.05) is 6.54 Å². The Labute approximate surface area is 119 Å². The number of aliphatic hydroxyl groups excluding tert-OH is 1. The van der Waals surface area contributed by atoms with Crippen LogP contribution in [0.15, 0.2) is 16.3 Å². The van der Waals surface area contributed by atoms with Gasteiger partial charge in [-0.2, -0.15) is 4.31 Å². The summed E-state index contributed by atoms with van der Waals surface area (Å²) in [6.45, 7) is 6.65. The number of piperidine rings is 1. The van der Waals surface area contributed by atoms with Crippen molar-refractivity contribution in [1.29, 1.82) is 0 Å². The van der Waals surface area contributed by atoms with E-state index in [0.717, 1.165) is 6.42 Å². The van der Waals surface area contributed by atoms with Crippen LogP contribution in [0.2, 0.25) is 0 Å². The van der Waals surface area contributed by atoms with E-state index < -0.39 is 10.0 Å². The van der Waals surface area contributed by atoms with E-state index in [0.29, 0.717) is 28.2 Å². The minimum absolute atomic E-state index is 0.0266. The van der Waals surface area contributed by atoms with Crippen molar-refractivity contribution in [2.45, 2.75) is 44.7 Å². The molecule has 3 unspecified atom stereocenters. The third-order valence-electron chi connectivity index (χ3n) is 3.94. The zero-order valence-electron chi connectivity index (χ0n) is 11.5. The van der Waals surface area contributed by atoms with E-state index in [9.17, 15) is 8.42 Å². The summed E-state index contributed by atoms with van der Waals surface area (Å²) in [7, 11) is -3.43. The molecule has 1 aromatic rings. The fourth-order valence-corrected chi connectivity index (χ4v) is 5.66. The maximum atomic E-state index is 12.7. The van der Waals surface area contributed by atoms with Gasteiger partial charge in [0.1, 0.15) is 0 Å². The molecule has 4 nitrogen and oxygen atoms in total. The summed E-state index contributed by atoms with van der Waals surface area (Å²) in [4.78, 5) is 0.999. The predicted octanol–water partition coefficient (Wildman–Crippen LogP) is 2.30. The number of aliphatic hydroxyl groups is 1. The molecule has 6 heteroatoms.